The van der Waals surface area contributed by atoms with Gasteiger partial charge in [0.05, 0.1) is 6.20 Å². The summed E-state index contributed by atoms with van der Waals surface area (Å²) in [5.41, 5.74) is 0. The van der Waals surface area contributed by atoms with Crippen LogP contribution in [-0.2, 0) is 7.05 Å². The SMILES string of the molecule is Cn1c(Cl)cnc1NC1CC1. The zero-order chi connectivity index (χ0) is 7.84. The van der Waals surface area contributed by atoms with Crippen molar-refractivity contribution in [2.75, 3.05) is 5.32 Å². The Morgan fingerprint density at radius 1 is 1.73 bits per heavy atom. The molecule has 2 rings (SSSR count). The van der Waals surface area contributed by atoms with Crippen molar-refractivity contribution >= 4 is 17.5 Å². The molecule has 0 atom stereocenters. The van der Waals surface area contributed by atoms with E-state index in [4.69, 9.17) is 11.6 Å². The molecule has 1 aromatic heterocycles. The first-order valence-corrected chi connectivity index (χ1v) is 4.09. The highest BCUT2D eigenvalue weighted by Gasteiger charge is 2.22. The highest BCUT2D eigenvalue weighted by atomic mass is 35.5. The van der Waals surface area contributed by atoms with E-state index in [2.05, 4.69) is 10.3 Å². The molecule has 60 valence electrons. The molecule has 0 aliphatic heterocycles. The van der Waals surface area contributed by atoms with Crippen molar-refractivity contribution in [1.29, 1.82) is 0 Å². The molecule has 4 heteroatoms. The van der Waals surface area contributed by atoms with E-state index >= 15 is 0 Å². The number of anilines is 1. The number of hydrogen-bond acceptors (Lipinski definition) is 2. The summed E-state index contributed by atoms with van der Waals surface area (Å²) in [6.07, 6.45) is 4.17. The predicted molar refractivity (Wildman–Crippen MR) is 44.9 cm³/mol. The number of nitrogens with one attached hydrogen (secondary N) is 1. The summed E-state index contributed by atoms with van der Waals surface area (Å²) in [5.74, 6) is 0.873. The molecule has 0 unspecified atom stereocenters. The third-order valence-electron chi connectivity index (χ3n) is 1.84. The number of nitrogens with zero attached hydrogens (tertiary/aromatic N) is 2. The van der Waals surface area contributed by atoms with Gasteiger partial charge in [0.1, 0.15) is 5.15 Å². The van der Waals surface area contributed by atoms with Crippen molar-refractivity contribution < 1.29 is 0 Å². The van der Waals surface area contributed by atoms with E-state index in [0.717, 1.165) is 5.95 Å². The molecule has 1 aromatic rings. The van der Waals surface area contributed by atoms with E-state index in [-0.39, 0.29) is 0 Å². The Hall–Kier alpha value is -0.700. The van der Waals surface area contributed by atoms with Crippen molar-refractivity contribution in [3.8, 4) is 0 Å². The highest BCUT2D eigenvalue weighted by molar-refractivity contribution is 6.29. The van der Waals surface area contributed by atoms with Gasteiger partial charge in [-0.25, -0.2) is 4.98 Å². The Balaban J connectivity index is 2.15. The van der Waals surface area contributed by atoms with Crippen molar-refractivity contribution in [2.45, 2.75) is 18.9 Å². The minimum Gasteiger partial charge on any atom is -0.353 e. The molecule has 0 spiro atoms. The second-order valence-corrected chi connectivity index (χ2v) is 3.27. The fourth-order valence-corrected chi connectivity index (χ4v) is 1.06. The first kappa shape index (κ1) is 6.98. The van der Waals surface area contributed by atoms with Crippen molar-refractivity contribution in [1.82, 2.24) is 9.55 Å². The van der Waals surface area contributed by atoms with Crippen LogP contribution in [0.4, 0.5) is 5.95 Å². The van der Waals surface area contributed by atoms with Crippen LogP contribution in [0, 0.1) is 0 Å². The maximum Gasteiger partial charge on any atom is 0.203 e. The maximum atomic E-state index is 5.79. The Kier molecular flexibility index (Phi) is 1.53. The summed E-state index contributed by atoms with van der Waals surface area (Å²) in [4.78, 5) is 4.12. The Morgan fingerprint density at radius 2 is 2.45 bits per heavy atom. The minimum absolute atomic E-state index is 0.632. The normalized spacial score (nSPS) is 16.9. The van der Waals surface area contributed by atoms with Gasteiger partial charge in [0.15, 0.2) is 0 Å². The molecule has 1 N–H and O–H groups in total. The Morgan fingerprint density at radius 3 is 2.91 bits per heavy atom. The van der Waals surface area contributed by atoms with E-state index in [0.29, 0.717) is 11.2 Å². The fourth-order valence-electron chi connectivity index (χ4n) is 0.933. The van der Waals surface area contributed by atoms with Gasteiger partial charge in [0.25, 0.3) is 0 Å². The van der Waals surface area contributed by atoms with Crippen LogP contribution in [0.15, 0.2) is 6.20 Å². The van der Waals surface area contributed by atoms with Crippen LogP contribution in [0.2, 0.25) is 5.15 Å². The quantitative estimate of drug-likeness (QED) is 0.734. The second-order valence-electron chi connectivity index (χ2n) is 2.88. The van der Waals surface area contributed by atoms with Gasteiger partial charge < -0.3 is 9.88 Å². The van der Waals surface area contributed by atoms with Gasteiger partial charge in [-0.2, -0.15) is 0 Å². The van der Waals surface area contributed by atoms with E-state index in [9.17, 15) is 0 Å². The highest BCUT2D eigenvalue weighted by Crippen LogP contribution is 2.24. The van der Waals surface area contributed by atoms with Crippen molar-refractivity contribution in [3.63, 3.8) is 0 Å². The van der Waals surface area contributed by atoms with E-state index in [1.54, 1.807) is 6.20 Å². The standard InChI is InChI=1S/C7H10ClN3/c1-11-6(8)4-9-7(11)10-5-2-3-5/h4-5H,2-3H2,1H3,(H,9,10). The maximum absolute atomic E-state index is 5.79. The number of halogens is 1. The summed E-state index contributed by atoms with van der Waals surface area (Å²) < 4.78 is 1.85. The van der Waals surface area contributed by atoms with Gasteiger partial charge in [-0.15, -0.1) is 0 Å². The lowest BCUT2D eigenvalue weighted by Gasteiger charge is -2.02. The lowest BCUT2D eigenvalue weighted by Crippen LogP contribution is -2.06. The van der Waals surface area contributed by atoms with Crippen LogP contribution in [0.3, 0.4) is 0 Å². The third-order valence-corrected chi connectivity index (χ3v) is 2.19. The molecule has 1 heterocycles. The number of rotatable bonds is 2. The molecule has 1 fully saturated rings. The molecule has 1 saturated carbocycles. The molecule has 1 aliphatic carbocycles. The van der Waals surface area contributed by atoms with Crippen LogP contribution in [0.25, 0.3) is 0 Å². The van der Waals surface area contributed by atoms with E-state index in [1.165, 1.54) is 12.8 Å². The smallest absolute Gasteiger partial charge is 0.203 e. The molecule has 0 amide bonds. The van der Waals surface area contributed by atoms with Crippen LogP contribution >= 0.6 is 11.6 Å². The second kappa shape index (κ2) is 2.41. The summed E-state index contributed by atoms with van der Waals surface area (Å²) in [6, 6.07) is 0.632. The first-order valence-electron chi connectivity index (χ1n) is 3.71. The Labute approximate surface area is 70.4 Å². The largest absolute Gasteiger partial charge is 0.353 e. The molecule has 11 heavy (non-hydrogen) atoms. The zero-order valence-electron chi connectivity index (χ0n) is 6.34. The molecular weight excluding hydrogens is 162 g/mol. The van der Waals surface area contributed by atoms with Crippen LogP contribution in [-0.4, -0.2) is 15.6 Å². The summed E-state index contributed by atoms with van der Waals surface area (Å²) in [6.45, 7) is 0. The molecule has 0 saturated heterocycles. The third kappa shape index (κ3) is 1.33. The number of aromatic nitrogens is 2. The molecule has 0 aromatic carbocycles. The summed E-state index contributed by atoms with van der Waals surface area (Å²) in [5, 5.41) is 3.95. The predicted octanol–water partition coefficient (Wildman–Crippen LogP) is 1.65. The topological polar surface area (TPSA) is 29.9 Å². The molecule has 3 nitrogen and oxygen atoms in total. The number of hydrogen-bond donors (Lipinski definition) is 1. The van der Waals surface area contributed by atoms with Crippen LogP contribution in [0.5, 0.6) is 0 Å². The first-order chi connectivity index (χ1) is 5.27. The monoisotopic (exact) mass is 171 g/mol. The zero-order valence-corrected chi connectivity index (χ0v) is 7.10. The van der Waals surface area contributed by atoms with Gasteiger partial charge in [-0.05, 0) is 12.8 Å². The molecular formula is C7H10ClN3. The lowest BCUT2D eigenvalue weighted by atomic mass is 10.7. The van der Waals surface area contributed by atoms with Gasteiger partial charge >= 0.3 is 0 Å². The van der Waals surface area contributed by atoms with Crippen LogP contribution in [0.1, 0.15) is 12.8 Å². The molecule has 1 aliphatic rings. The van der Waals surface area contributed by atoms with Gasteiger partial charge in [-0.1, -0.05) is 11.6 Å². The van der Waals surface area contributed by atoms with Gasteiger partial charge in [-0.3, -0.25) is 0 Å². The van der Waals surface area contributed by atoms with Gasteiger partial charge in [0.2, 0.25) is 5.95 Å². The number of imidazole rings is 1. The average Bonchev–Trinajstić information content (AvgIpc) is 2.74. The van der Waals surface area contributed by atoms with E-state index in [1.807, 2.05) is 11.6 Å². The van der Waals surface area contributed by atoms with Gasteiger partial charge in [0, 0.05) is 13.1 Å². The minimum atomic E-state index is 0.632. The summed E-state index contributed by atoms with van der Waals surface area (Å²) in [7, 11) is 1.90. The van der Waals surface area contributed by atoms with Crippen LogP contribution < -0.4 is 5.32 Å². The lowest BCUT2D eigenvalue weighted by molar-refractivity contribution is 0.899. The van der Waals surface area contributed by atoms with Crippen molar-refractivity contribution in [2.24, 2.45) is 7.05 Å². The van der Waals surface area contributed by atoms with E-state index < -0.39 is 0 Å². The fraction of sp³-hybridized carbons (Fsp3) is 0.571. The summed E-state index contributed by atoms with van der Waals surface area (Å²) >= 11 is 5.79. The van der Waals surface area contributed by atoms with Crippen molar-refractivity contribution in [3.05, 3.63) is 11.3 Å². The molecule has 0 bridgehead atoms. The Bertz CT molecular complexity index is 265. The average molecular weight is 172 g/mol. The molecule has 0 radical (unpaired) electrons.